The Kier molecular flexibility index (Phi) is 2.89. The fraction of sp³-hybridized carbons (Fsp3) is 0.500. The van der Waals surface area contributed by atoms with Crippen LogP contribution in [0.5, 0.6) is 0 Å². The molecule has 2 aromatic rings. The predicted molar refractivity (Wildman–Crippen MR) is 68.8 cm³/mol. The van der Waals surface area contributed by atoms with Gasteiger partial charge in [-0.3, -0.25) is 9.48 Å². The molecule has 0 bridgehead atoms. The van der Waals surface area contributed by atoms with E-state index in [1.807, 2.05) is 7.05 Å². The Bertz CT molecular complexity index is 654. The zero-order valence-corrected chi connectivity index (χ0v) is 11.4. The Morgan fingerprint density at radius 2 is 2.37 bits per heavy atom. The third-order valence-corrected chi connectivity index (χ3v) is 3.38. The topological polar surface area (TPSA) is 69.9 Å². The number of aromatic nitrogens is 4. The second-order valence-electron chi connectivity index (χ2n) is 4.62. The first-order valence-corrected chi connectivity index (χ1v) is 6.51. The lowest BCUT2D eigenvalue weighted by Crippen LogP contribution is -2.08. The van der Waals surface area contributed by atoms with Gasteiger partial charge in [-0.2, -0.15) is 5.10 Å². The summed E-state index contributed by atoms with van der Waals surface area (Å²) in [7, 11) is 1.81. The molecular weight excluding hydrogens is 268 g/mol. The Labute approximate surface area is 114 Å². The summed E-state index contributed by atoms with van der Waals surface area (Å²) >= 11 is 5.92. The van der Waals surface area contributed by atoms with E-state index < -0.39 is 0 Å². The largest absolute Gasteiger partial charge is 0.466 e. The van der Waals surface area contributed by atoms with Crippen molar-refractivity contribution in [1.82, 2.24) is 19.7 Å². The van der Waals surface area contributed by atoms with Crippen LogP contribution in [-0.4, -0.2) is 32.3 Å². The van der Waals surface area contributed by atoms with E-state index in [1.165, 1.54) is 0 Å². The van der Waals surface area contributed by atoms with Crippen LogP contribution >= 0.6 is 11.6 Å². The maximum Gasteiger partial charge on any atom is 0.309 e. The van der Waals surface area contributed by atoms with Crippen molar-refractivity contribution in [1.29, 1.82) is 0 Å². The van der Waals surface area contributed by atoms with E-state index in [2.05, 4.69) is 15.1 Å². The van der Waals surface area contributed by atoms with Gasteiger partial charge in [0.1, 0.15) is 11.0 Å². The number of fused-ring (bicyclic) bond motifs is 1. The van der Waals surface area contributed by atoms with Crippen molar-refractivity contribution in [2.24, 2.45) is 13.0 Å². The molecule has 100 valence electrons. The maximum atomic E-state index is 11.7. The smallest absolute Gasteiger partial charge is 0.309 e. The van der Waals surface area contributed by atoms with Gasteiger partial charge in [0, 0.05) is 13.0 Å². The molecule has 0 radical (unpaired) electrons. The van der Waals surface area contributed by atoms with Crippen LogP contribution in [0.3, 0.4) is 0 Å². The summed E-state index contributed by atoms with van der Waals surface area (Å²) in [6.07, 6.45) is 2.52. The highest BCUT2D eigenvalue weighted by molar-refractivity contribution is 6.28. The molecule has 0 saturated heterocycles. The van der Waals surface area contributed by atoms with Crippen LogP contribution in [-0.2, 0) is 16.6 Å². The maximum absolute atomic E-state index is 11.7. The number of carbonyl (C=O) groups is 1. The number of halogens is 1. The van der Waals surface area contributed by atoms with Crippen LogP contribution in [0, 0.1) is 5.92 Å². The molecule has 0 aliphatic heterocycles. The molecule has 2 atom stereocenters. The summed E-state index contributed by atoms with van der Waals surface area (Å²) in [5.74, 6) is -0.264. The molecule has 1 aliphatic rings. The number of esters is 1. The minimum Gasteiger partial charge on any atom is -0.466 e. The molecular formula is C12H13ClN4O2. The summed E-state index contributed by atoms with van der Waals surface area (Å²) in [6, 6.07) is 0. The Hall–Kier alpha value is -1.69. The Morgan fingerprint density at radius 1 is 1.58 bits per heavy atom. The fourth-order valence-electron chi connectivity index (χ4n) is 2.28. The van der Waals surface area contributed by atoms with E-state index in [9.17, 15) is 4.79 Å². The van der Waals surface area contributed by atoms with Gasteiger partial charge in [0.2, 0.25) is 5.28 Å². The average Bonchev–Trinajstić information content (AvgIpc) is 3.05. The standard InChI is InChI=1S/C12H13ClN4O2/c1-3-19-11(18)7-4-6(7)9-10-8(5-17(2)16-10)14-12(13)15-9/h5-7H,3-4H2,1-2H3/t6-,7-/m1/s1. The molecule has 3 rings (SSSR count). The molecule has 7 heteroatoms. The highest BCUT2D eigenvalue weighted by atomic mass is 35.5. The van der Waals surface area contributed by atoms with Gasteiger partial charge in [0.25, 0.3) is 0 Å². The molecule has 1 fully saturated rings. The van der Waals surface area contributed by atoms with Gasteiger partial charge in [0.15, 0.2) is 0 Å². The number of hydrogen-bond acceptors (Lipinski definition) is 5. The van der Waals surface area contributed by atoms with Crippen LogP contribution < -0.4 is 0 Å². The monoisotopic (exact) mass is 280 g/mol. The zero-order valence-electron chi connectivity index (χ0n) is 10.6. The minimum absolute atomic E-state index is 0.0388. The number of ether oxygens (including phenoxy) is 1. The van der Waals surface area contributed by atoms with Crippen molar-refractivity contribution in [3.63, 3.8) is 0 Å². The van der Waals surface area contributed by atoms with Crippen molar-refractivity contribution in [3.05, 3.63) is 17.2 Å². The first kappa shape index (κ1) is 12.3. The number of hydrogen-bond donors (Lipinski definition) is 0. The molecule has 0 N–H and O–H groups in total. The van der Waals surface area contributed by atoms with Gasteiger partial charge in [0.05, 0.1) is 24.4 Å². The summed E-state index contributed by atoms with van der Waals surface area (Å²) in [6.45, 7) is 2.19. The molecule has 19 heavy (non-hydrogen) atoms. The van der Waals surface area contributed by atoms with Gasteiger partial charge in [-0.1, -0.05) is 0 Å². The van der Waals surface area contributed by atoms with Crippen LogP contribution in [0.2, 0.25) is 5.28 Å². The SMILES string of the molecule is CCOC(=O)[C@@H]1C[C@H]1c1nc(Cl)nc2cn(C)nc12. The number of rotatable bonds is 3. The van der Waals surface area contributed by atoms with Gasteiger partial charge in [-0.05, 0) is 24.9 Å². The van der Waals surface area contributed by atoms with E-state index >= 15 is 0 Å². The van der Waals surface area contributed by atoms with Gasteiger partial charge >= 0.3 is 5.97 Å². The molecule has 1 aliphatic carbocycles. The molecule has 2 aromatic heterocycles. The van der Waals surface area contributed by atoms with Crippen molar-refractivity contribution in [3.8, 4) is 0 Å². The van der Waals surface area contributed by atoms with Crippen molar-refractivity contribution < 1.29 is 9.53 Å². The van der Waals surface area contributed by atoms with E-state index in [0.29, 0.717) is 17.6 Å². The van der Waals surface area contributed by atoms with E-state index in [0.717, 1.165) is 12.1 Å². The van der Waals surface area contributed by atoms with Crippen LogP contribution in [0.25, 0.3) is 11.0 Å². The molecule has 0 unspecified atom stereocenters. The fourth-order valence-corrected chi connectivity index (χ4v) is 2.46. The van der Waals surface area contributed by atoms with E-state index in [1.54, 1.807) is 17.8 Å². The van der Waals surface area contributed by atoms with Crippen molar-refractivity contribution in [2.45, 2.75) is 19.3 Å². The van der Waals surface area contributed by atoms with Crippen LogP contribution in [0.1, 0.15) is 25.0 Å². The van der Waals surface area contributed by atoms with Crippen molar-refractivity contribution >= 4 is 28.6 Å². The first-order valence-electron chi connectivity index (χ1n) is 6.13. The molecule has 0 aromatic carbocycles. The summed E-state index contributed by atoms with van der Waals surface area (Å²) in [5.41, 5.74) is 2.16. The van der Waals surface area contributed by atoms with Gasteiger partial charge < -0.3 is 4.74 Å². The average molecular weight is 281 g/mol. The highest BCUT2D eigenvalue weighted by Gasteiger charge is 2.47. The van der Waals surface area contributed by atoms with Gasteiger partial charge in [-0.15, -0.1) is 0 Å². The van der Waals surface area contributed by atoms with E-state index in [4.69, 9.17) is 16.3 Å². The predicted octanol–water partition coefficient (Wildman–Crippen LogP) is 1.68. The van der Waals surface area contributed by atoms with Gasteiger partial charge in [-0.25, -0.2) is 9.97 Å². The Balaban J connectivity index is 1.96. The van der Waals surface area contributed by atoms with Crippen LogP contribution in [0.15, 0.2) is 6.20 Å². The summed E-state index contributed by atoms with van der Waals surface area (Å²) < 4.78 is 6.69. The highest BCUT2D eigenvalue weighted by Crippen LogP contribution is 2.49. The third kappa shape index (κ3) is 2.16. The summed E-state index contributed by atoms with van der Waals surface area (Å²) in [5, 5.41) is 4.52. The second-order valence-corrected chi connectivity index (χ2v) is 4.95. The number of carbonyl (C=O) groups excluding carboxylic acids is 1. The molecule has 6 nitrogen and oxygen atoms in total. The molecule has 0 spiro atoms. The lowest BCUT2D eigenvalue weighted by molar-refractivity contribution is -0.144. The molecule has 0 amide bonds. The first-order chi connectivity index (χ1) is 9.10. The number of nitrogens with zero attached hydrogens (tertiary/aromatic N) is 4. The zero-order chi connectivity index (χ0) is 13.6. The normalized spacial score (nSPS) is 21.6. The third-order valence-electron chi connectivity index (χ3n) is 3.21. The Morgan fingerprint density at radius 3 is 3.11 bits per heavy atom. The molecule has 1 saturated carbocycles. The number of aryl methyl sites for hydroxylation is 1. The van der Waals surface area contributed by atoms with E-state index in [-0.39, 0.29) is 23.1 Å². The summed E-state index contributed by atoms with van der Waals surface area (Å²) in [4.78, 5) is 20.1. The lowest BCUT2D eigenvalue weighted by Gasteiger charge is -2.02. The minimum atomic E-state index is -0.175. The second kappa shape index (κ2) is 4.45. The van der Waals surface area contributed by atoms with Crippen LogP contribution in [0.4, 0.5) is 0 Å². The molecule has 2 heterocycles. The van der Waals surface area contributed by atoms with Crippen molar-refractivity contribution in [2.75, 3.05) is 6.61 Å². The quantitative estimate of drug-likeness (QED) is 0.632. The lowest BCUT2D eigenvalue weighted by atomic mass is 10.2.